The van der Waals surface area contributed by atoms with Crippen LogP contribution in [0.25, 0.3) is 0 Å². The van der Waals surface area contributed by atoms with Gasteiger partial charge in [-0.15, -0.1) is 0 Å². The summed E-state index contributed by atoms with van der Waals surface area (Å²) in [6, 6.07) is -0.124. The predicted octanol–water partition coefficient (Wildman–Crippen LogP) is 2.83. The normalized spacial score (nSPS) is 10.8. The molecule has 17 heavy (non-hydrogen) atoms. The minimum Gasteiger partial charge on any atom is -0.465 e. The first-order chi connectivity index (χ1) is 7.82. The van der Waals surface area contributed by atoms with Crippen LogP contribution in [0.2, 0.25) is 10.0 Å². The standard InChI is InChI=1S/C11H13Cl2NO3/c1-5(2)14-6(3)7(11(16)17-4)8(12)9(13)10(14)15/h5H,1-4H3. The Morgan fingerprint density at radius 1 is 1.29 bits per heavy atom. The van der Waals surface area contributed by atoms with Crippen LogP contribution in [0.4, 0.5) is 0 Å². The molecule has 0 aromatic carbocycles. The molecule has 0 unspecified atom stereocenters. The molecule has 0 saturated heterocycles. The van der Waals surface area contributed by atoms with Crippen LogP contribution in [0.3, 0.4) is 0 Å². The molecule has 0 spiro atoms. The lowest BCUT2D eigenvalue weighted by molar-refractivity contribution is 0.0598. The quantitative estimate of drug-likeness (QED) is 0.781. The van der Waals surface area contributed by atoms with Crippen molar-refractivity contribution in [2.24, 2.45) is 0 Å². The second-order valence-corrected chi connectivity index (χ2v) is 4.60. The van der Waals surface area contributed by atoms with Gasteiger partial charge in [0.25, 0.3) is 5.56 Å². The Morgan fingerprint density at radius 2 is 1.82 bits per heavy atom. The lowest BCUT2D eigenvalue weighted by Gasteiger charge is -2.18. The Bertz CT molecular complexity index is 520. The first kappa shape index (κ1) is 14.1. The SMILES string of the molecule is COC(=O)c1c(Cl)c(Cl)c(=O)n(C(C)C)c1C. The van der Waals surface area contributed by atoms with Crippen LogP contribution < -0.4 is 5.56 Å². The summed E-state index contributed by atoms with van der Waals surface area (Å²) < 4.78 is 6.05. The monoisotopic (exact) mass is 277 g/mol. The molecule has 94 valence electrons. The van der Waals surface area contributed by atoms with E-state index in [0.717, 1.165) is 0 Å². The number of esters is 1. The van der Waals surface area contributed by atoms with Crippen molar-refractivity contribution < 1.29 is 9.53 Å². The van der Waals surface area contributed by atoms with Crippen molar-refractivity contribution >= 4 is 29.2 Å². The van der Waals surface area contributed by atoms with E-state index in [1.54, 1.807) is 6.92 Å². The van der Waals surface area contributed by atoms with Crippen LogP contribution in [-0.4, -0.2) is 17.6 Å². The third-order valence-electron chi connectivity index (χ3n) is 2.45. The van der Waals surface area contributed by atoms with E-state index in [1.165, 1.54) is 11.7 Å². The van der Waals surface area contributed by atoms with Crippen molar-refractivity contribution in [1.82, 2.24) is 4.57 Å². The highest BCUT2D eigenvalue weighted by Gasteiger charge is 2.23. The average molecular weight is 278 g/mol. The molecule has 6 heteroatoms. The molecule has 1 heterocycles. The Hall–Kier alpha value is -1.00. The number of rotatable bonds is 2. The second kappa shape index (κ2) is 5.10. The molecule has 0 amide bonds. The number of aromatic nitrogens is 1. The van der Waals surface area contributed by atoms with E-state index in [2.05, 4.69) is 4.74 Å². The summed E-state index contributed by atoms with van der Waals surface area (Å²) in [4.78, 5) is 23.5. The van der Waals surface area contributed by atoms with Gasteiger partial charge < -0.3 is 9.30 Å². The lowest BCUT2D eigenvalue weighted by atomic mass is 10.1. The van der Waals surface area contributed by atoms with E-state index in [-0.39, 0.29) is 21.7 Å². The van der Waals surface area contributed by atoms with E-state index in [9.17, 15) is 9.59 Å². The molecular weight excluding hydrogens is 265 g/mol. The Balaban J connectivity index is 3.74. The second-order valence-electron chi connectivity index (χ2n) is 3.85. The summed E-state index contributed by atoms with van der Waals surface area (Å²) in [6.07, 6.45) is 0. The van der Waals surface area contributed by atoms with E-state index in [0.29, 0.717) is 5.69 Å². The fraction of sp³-hybridized carbons (Fsp3) is 0.455. The Kier molecular flexibility index (Phi) is 4.22. The summed E-state index contributed by atoms with van der Waals surface area (Å²) in [6.45, 7) is 5.27. The number of ether oxygens (including phenoxy) is 1. The molecule has 0 fully saturated rings. The first-order valence-electron chi connectivity index (χ1n) is 5.01. The topological polar surface area (TPSA) is 48.3 Å². The Labute approximate surface area is 109 Å². The number of pyridine rings is 1. The number of methoxy groups -OCH3 is 1. The van der Waals surface area contributed by atoms with Crippen LogP contribution in [-0.2, 0) is 4.74 Å². The van der Waals surface area contributed by atoms with Crippen molar-refractivity contribution in [2.75, 3.05) is 7.11 Å². The van der Waals surface area contributed by atoms with Gasteiger partial charge in [0, 0.05) is 11.7 Å². The summed E-state index contributed by atoms with van der Waals surface area (Å²) in [5.74, 6) is -0.608. The van der Waals surface area contributed by atoms with Crippen molar-refractivity contribution in [2.45, 2.75) is 26.8 Å². The zero-order valence-corrected chi connectivity index (χ0v) is 11.5. The molecule has 0 aliphatic rings. The molecule has 0 saturated carbocycles. The molecule has 0 radical (unpaired) electrons. The number of hydrogen-bond donors (Lipinski definition) is 0. The van der Waals surface area contributed by atoms with Crippen LogP contribution in [0, 0.1) is 6.92 Å². The largest absolute Gasteiger partial charge is 0.465 e. The first-order valence-corrected chi connectivity index (χ1v) is 5.76. The maximum absolute atomic E-state index is 11.9. The Morgan fingerprint density at radius 3 is 2.24 bits per heavy atom. The van der Waals surface area contributed by atoms with Crippen LogP contribution >= 0.6 is 23.2 Å². The van der Waals surface area contributed by atoms with Crippen molar-refractivity contribution in [3.8, 4) is 0 Å². The molecule has 0 atom stereocenters. The molecule has 0 bridgehead atoms. The highest BCUT2D eigenvalue weighted by Crippen LogP contribution is 2.27. The van der Waals surface area contributed by atoms with Gasteiger partial charge in [-0.1, -0.05) is 23.2 Å². The van der Waals surface area contributed by atoms with Gasteiger partial charge in [-0.25, -0.2) is 4.79 Å². The highest BCUT2D eigenvalue weighted by molar-refractivity contribution is 6.43. The summed E-state index contributed by atoms with van der Waals surface area (Å²) in [5, 5.41) is -0.218. The number of carbonyl (C=O) groups is 1. The van der Waals surface area contributed by atoms with Gasteiger partial charge in [0.15, 0.2) is 0 Å². The van der Waals surface area contributed by atoms with Crippen molar-refractivity contribution in [3.63, 3.8) is 0 Å². The maximum atomic E-state index is 11.9. The average Bonchev–Trinajstić information content (AvgIpc) is 2.25. The molecule has 1 rings (SSSR count). The van der Waals surface area contributed by atoms with Crippen molar-refractivity contribution in [3.05, 3.63) is 31.7 Å². The fourth-order valence-electron chi connectivity index (χ4n) is 1.70. The molecule has 0 aliphatic heterocycles. The van der Waals surface area contributed by atoms with Gasteiger partial charge in [-0.05, 0) is 20.8 Å². The summed E-state index contributed by atoms with van der Waals surface area (Å²) in [7, 11) is 1.25. The van der Waals surface area contributed by atoms with Gasteiger partial charge in [0.1, 0.15) is 5.02 Å². The van der Waals surface area contributed by atoms with Gasteiger partial charge in [0.2, 0.25) is 0 Å². The molecule has 0 N–H and O–H groups in total. The van der Waals surface area contributed by atoms with Crippen molar-refractivity contribution in [1.29, 1.82) is 0 Å². The zero-order chi connectivity index (χ0) is 13.3. The van der Waals surface area contributed by atoms with Crippen LogP contribution in [0.1, 0.15) is 35.9 Å². The minimum atomic E-state index is -0.608. The number of carbonyl (C=O) groups excluding carboxylic acids is 1. The minimum absolute atomic E-state index is 0.0575. The van der Waals surface area contributed by atoms with Crippen LogP contribution in [0.15, 0.2) is 4.79 Å². The molecule has 4 nitrogen and oxygen atoms in total. The van der Waals surface area contributed by atoms with E-state index < -0.39 is 11.5 Å². The lowest BCUT2D eigenvalue weighted by Crippen LogP contribution is -2.27. The van der Waals surface area contributed by atoms with Gasteiger partial charge >= 0.3 is 5.97 Å². The predicted molar refractivity (Wildman–Crippen MR) is 67.2 cm³/mol. The van der Waals surface area contributed by atoms with E-state index >= 15 is 0 Å². The number of hydrogen-bond acceptors (Lipinski definition) is 3. The summed E-state index contributed by atoms with van der Waals surface area (Å²) in [5.41, 5.74) is 0.176. The summed E-state index contributed by atoms with van der Waals surface area (Å²) >= 11 is 11.7. The van der Waals surface area contributed by atoms with Gasteiger partial charge in [-0.3, -0.25) is 4.79 Å². The molecule has 1 aromatic rings. The fourth-order valence-corrected chi connectivity index (χ4v) is 2.18. The third kappa shape index (κ3) is 2.33. The molecule has 0 aliphatic carbocycles. The van der Waals surface area contributed by atoms with Gasteiger partial charge in [-0.2, -0.15) is 0 Å². The smallest absolute Gasteiger partial charge is 0.341 e. The van der Waals surface area contributed by atoms with Crippen LogP contribution in [0.5, 0.6) is 0 Å². The van der Waals surface area contributed by atoms with E-state index in [1.807, 2.05) is 13.8 Å². The molecular formula is C11H13Cl2NO3. The third-order valence-corrected chi connectivity index (χ3v) is 3.27. The van der Waals surface area contributed by atoms with Gasteiger partial charge in [0.05, 0.1) is 17.7 Å². The molecule has 1 aromatic heterocycles. The maximum Gasteiger partial charge on any atom is 0.341 e. The number of halogens is 2. The van der Waals surface area contributed by atoms with E-state index in [4.69, 9.17) is 23.2 Å². The number of nitrogens with zero attached hydrogens (tertiary/aromatic N) is 1. The highest BCUT2D eigenvalue weighted by atomic mass is 35.5. The zero-order valence-electron chi connectivity index (χ0n) is 10.0.